The summed E-state index contributed by atoms with van der Waals surface area (Å²) in [5.41, 5.74) is 9.54. The van der Waals surface area contributed by atoms with Crippen molar-refractivity contribution in [2.45, 2.75) is 38.2 Å². The lowest BCUT2D eigenvalue weighted by Crippen LogP contribution is -2.32. The number of anilines is 2. The van der Waals surface area contributed by atoms with Crippen molar-refractivity contribution < 1.29 is 4.74 Å². The number of nitrogens with zero attached hydrogens (tertiary/aromatic N) is 1. The lowest BCUT2D eigenvalue weighted by atomic mass is 10.0. The summed E-state index contributed by atoms with van der Waals surface area (Å²) >= 11 is 0. The molecule has 3 heteroatoms. The Balaban J connectivity index is 1.67. The molecule has 98 valence electrons. The summed E-state index contributed by atoms with van der Waals surface area (Å²) in [6.07, 6.45) is 6.52. The Labute approximate surface area is 109 Å². The number of hydrogen-bond donors (Lipinski definition) is 1. The van der Waals surface area contributed by atoms with Crippen molar-refractivity contribution in [1.29, 1.82) is 0 Å². The molecule has 2 aliphatic rings. The molecule has 1 unspecified atom stereocenters. The molecule has 0 saturated carbocycles. The molecule has 1 aromatic rings. The molecule has 0 spiro atoms. The van der Waals surface area contributed by atoms with E-state index in [0.29, 0.717) is 6.10 Å². The van der Waals surface area contributed by atoms with Gasteiger partial charge in [0.25, 0.3) is 0 Å². The van der Waals surface area contributed by atoms with Crippen LogP contribution in [-0.4, -0.2) is 25.8 Å². The summed E-state index contributed by atoms with van der Waals surface area (Å²) in [5, 5.41) is 0. The minimum Gasteiger partial charge on any atom is -0.399 e. The lowest BCUT2D eigenvalue weighted by molar-refractivity contribution is 0.105. The summed E-state index contributed by atoms with van der Waals surface area (Å²) in [4.78, 5) is 2.50. The van der Waals surface area contributed by atoms with E-state index in [1.807, 2.05) is 6.07 Å². The second-order valence-corrected chi connectivity index (χ2v) is 5.40. The molecule has 0 radical (unpaired) electrons. The first-order valence-electron chi connectivity index (χ1n) is 7.08. The third-order valence-corrected chi connectivity index (χ3v) is 4.06. The highest BCUT2D eigenvalue weighted by molar-refractivity contribution is 5.61. The smallest absolute Gasteiger partial charge is 0.0592 e. The zero-order valence-electron chi connectivity index (χ0n) is 10.9. The van der Waals surface area contributed by atoms with Crippen molar-refractivity contribution >= 4 is 11.4 Å². The molecular formula is C15H22N2O. The highest BCUT2D eigenvalue weighted by Gasteiger charge is 2.20. The van der Waals surface area contributed by atoms with Gasteiger partial charge in [0.05, 0.1) is 6.10 Å². The molecule has 0 amide bonds. The third kappa shape index (κ3) is 2.46. The van der Waals surface area contributed by atoms with Crippen LogP contribution in [0.3, 0.4) is 0 Å². The van der Waals surface area contributed by atoms with Gasteiger partial charge in [-0.3, -0.25) is 0 Å². The van der Waals surface area contributed by atoms with Gasteiger partial charge in [0.15, 0.2) is 0 Å². The Morgan fingerprint density at radius 1 is 1.33 bits per heavy atom. The van der Waals surface area contributed by atoms with Crippen molar-refractivity contribution in [2.75, 3.05) is 30.3 Å². The maximum atomic E-state index is 5.86. The second-order valence-electron chi connectivity index (χ2n) is 5.40. The van der Waals surface area contributed by atoms with Crippen LogP contribution in [0.5, 0.6) is 0 Å². The van der Waals surface area contributed by atoms with Crippen LogP contribution >= 0.6 is 0 Å². The van der Waals surface area contributed by atoms with E-state index in [0.717, 1.165) is 31.7 Å². The van der Waals surface area contributed by atoms with Crippen LogP contribution in [0.4, 0.5) is 11.4 Å². The Morgan fingerprint density at radius 2 is 2.28 bits per heavy atom. The summed E-state index contributed by atoms with van der Waals surface area (Å²) in [6, 6.07) is 6.33. The quantitative estimate of drug-likeness (QED) is 0.833. The molecule has 1 saturated heterocycles. The van der Waals surface area contributed by atoms with Crippen LogP contribution in [0.2, 0.25) is 0 Å². The van der Waals surface area contributed by atoms with E-state index in [-0.39, 0.29) is 0 Å². The number of rotatable bonds is 3. The van der Waals surface area contributed by atoms with Gasteiger partial charge in [-0.1, -0.05) is 0 Å². The average molecular weight is 246 g/mol. The third-order valence-electron chi connectivity index (χ3n) is 4.06. The topological polar surface area (TPSA) is 38.5 Å². The first-order chi connectivity index (χ1) is 8.83. The number of fused-ring (bicyclic) bond motifs is 1. The van der Waals surface area contributed by atoms with Crippen LogP contribution in [0.1, 0.15) is 31.2 Å². The number of ether oxygens (including phenoxy) is 1. The van der Waals surface area contributed by atoms with Gasteiger partial charge in [0.1, 0.15) is 0 Å². The van der Waals surface area contributed by atoms with Crippen LogP contribution in [-0.2, 0) is 11.2 Å². The highest BCUT2D eigenvalue weighted by atomic mass is 16.5. The molecule has 3 nitrogen and oxygen atoms in total. The largest absolute Gasteiger partial charge is 0.399 e. The van der Waals surface area contributed by atoms with Gasteiger partial charge in [-0.05, 0) is 55.9 Å². The molecule has 1 fully saturated rings. The van der Waals surface area contributed by atoms with E-state index in [4.69, 9.17) is 10.5 Å². The summed E-state index contributed by atoms with van der Waals surface area (Å²) in [5.74, 6) is 0. The predicted octanol–water partition coefficient (Wildman–Crippen LogP) is 2.59. The molecule has 2 heterocycles. The number of aryl methyl sites for hydroxylation is 1. The van der Waals surface area contributed by atoms with E-state index in [1.54, 1.807) is 0 Å². The van der Waals surface area contributed by atoms with Crippen molar-refractivity contribution in [3.05, 3.63) is 23.8 Å². The van der Waals surface area contributed by atoms with Crippen LogP contribution in [0, 0.1) is 0 Å². The molecule has 1 aromatic carbocycles. The number of hydrogen-bond acceptors (Lipinski definition) is 3. The second kappa shape index (κ2) is 5.19. The average Bonchev–Trinajstić information content (AvgIpc) is 2.89. The molecule has 18 heavy (non-hydrogen) atoms. The number of nitrogens with two attached hydrogens (primary N) is 1. The van der Waals surface area contributed by atoms with E-state index >= 15 is 0 Å². The fourth-order valence-electron chi connectivity index (χ4n) is 3.10. The fourth-order valence-corrected chi connectivity index (χ4v) is 3.10. The molecule has 0 aliphatic carbocycles. The van der Waals surface area contributed by atoms with E-state index in [1.165, 1.54) is 37.1 Å². The molecular weight excluding hydrogens is 224 g/mol. The molecule has 1 atom stereocenters. The van der Waals surface area contributed by atoms with Crippen LogP contribution in [0.15, 0.2) is 18.2 Å². The maximum absolute atomic E-state index is 5.86. The molecule has 2 N–H and O–H groups in total. The molecule has 3 rings (SSSR count). The lowest BCUT2D eigenvalue weighted by Gasteiger charge is -2.32. The first-order valence-corrected chi connectivity index (χ1v) is 7.08. The summed E-state index contributed by atoms with van der Waals surface area (Å²) in [7, 11) is 0. The van der Waals surface area contributed by atoms with E-state index in [9.17, 15) is 0 Å². The Morgan fingerprint density at radius 3 is 3.11 bits per heavy atom. The van der Waals surface area contributed by atoms with Gasteiger partial charge in [-0.25, -0.2) is 0 Å². The minimum absolute atomic E-state index is 0.490. The van der Waals surface area contributed by atoms with Crippen molar-refractivity contribution in [3.8, 4) is 0 Å². The van der Waals surface area contributed by atoms with Gasteiger partial charge in [-0.15, -0.1) is 0 Å². The number of benzene rings is 1. The summed E-state index contributed by atoms with van der Waals surface area (Å²) < 4.78 is 5.70. The van der Waals surface area contributed by atoms with Crippen molar-refractivity contribution in [1.82, 2.24) is 0 Å². The predicted molar refractivity (Wildman–Crippen MR) is 75.0 cm³/mol. The van der Waals surface area contributed by atoms with Gasteiger partial charge in [-0.2, -0.15) is 0 Å². The van der Waals surface area contributed by atoms with E-state index < -0.39 is 0 Å². The van der Waals surface area contributed by atoms with Gasteiger partial charge < -0.3 is 15.4 Å². The Bertz CT molecular complexity index is 413. The zero-order chi connectivity index (χ0) is 12.4. The molecule has 0 bridgehead atoms. The van der Waals surface area contributed by atoms with Gasteiger partial charge in [0.2, 0.25) is 0 Å². The Kier molecular flexibility index (Phi) is 3.41. The fraction of sp³-hybridized carbons (Fsp3) is 0.600. The SMILES string of the molecule is Nc1ccc2c(c1)CCCN2CCC1CCCO1. The van der Waals surface area contributed by atoms with Gasteiger partial charge >= 0.3 is 0 Å². The highest BCUT2D eigenvalue weighted by Crippen LogP contribution is 2.29. The van der Waals surface area contributed by atoms with Crippen molar-refractivity contribution in [2.24, 2.45) is 0 Å². The Hall–Kier alpha value is -1.22. The number of nitrogen functional groups attached to an aromatic ring is 1. The summed E-state index contributed by atoms with van der Waals surface area (Å²) in [6.45, 7) is 3.24. The monoisotopic (exact) mass is 246 g/mol. The standard InChI is InChI=1S/C15H22N2O/c16-13-5-6-15-12(11-13)3-1-8-17(15)9-7-14-4-2-10-18-14/h5-6,11,14H,1-4,7-10,16H2. The first kappa shape index (κ1) is 11.8. The van der Waals surface area contributed by atoms with Crippen LogP contribution < -0.4 is 10.6 Å². The van der Waals surface area contributed by atoms with Crippen molar-refractivity contribution in [3.63, 3.8) is 0 Å². The molecule has 2 aliphatic heterocycles. The van der Waals surface area contributed by atoms with Crippen LogP contribution in [0.25, 0.3) is 0 Å². The normalized spacial score (nSPS) is 23.1. The molecule has 0 aromatic heterocycles. The maximum Gasteiger partial charge on any atom is 0.0592 e. The van der Waals surface area contributed by atoms with E-state index in [2.05, 4.69) is 17.0 Å². The zero-order valence-corrected chi connectivity index (χ0v) is 10.9. The minimum atomic E-state index is 0.490. The van der Waals surface area contributed by atoms with Gasteiger partial charge in [0, 0.05) is 31.1 Å².